The molecule has 0 saturated carbocycles. The molecular weight excluding hydrogens is 306 g/mol. The van der Waals surface area contributed by atoms with Crippen LogP contribution in [-0.4, -0.2) is 34.3 Å². The van der Waals surface area contributed by atoms with Crippen molar-refractivity contribution in [3.05, 3.63) is 11.6 Å². The Morgan fingerprint density at radius 2 is 1.46 bits per heavy atom. The largest absolute Gasteiger partial charge is 0.297 e. The van der Waals surface area contributed by atoms with Crippen LogP contribution in [0.1, 0.15) is 69.7 Å². The highest BCUT2D eigenvalue weighted by Gasteiger charge is 2.40. The van der Waals surface area contributed by atoms with Gasteiger partial charge in [0.1, 0.15) is 0 Å². The Bertz CT molecular complexity index is 559. The lowest BCUT2D eigenvalue weighted by Crippen LogP contribution is -2.51. The van der Waals surface area contributed by atoms with Crippen molar-refractivity contribution in [2.45, 2.75) is 75.8 Å². The number of Topliss-reactive ketones (excluding diaryl/α,β-unsaturated/α-hetero) is 2. The van der Waals surface area contributed by atoms with Crippen molar-refractivity contribution in [1.29, 1.82) is 0 Å². The summed E-state index contributed by atoms with van der Waals surface area (Å²) in [6, 6.07) is -0.831. The van der Waals surface area contributed by atoms with Crippen molar-refractivity contribution in [2.24, 2.45) is 10.8 Å². The van der Waals surface area contributed by atoms with Gasteiger partial charge < -0.3 is 0 Å². The molecule has 0 N–H and O–H groups in total. The van der Waals surface area contributed by atoms with Crippen LogP contribution in [0.3, 0.4) is 0 Å². The smallest absolute Gasteiger partial charge is 0.254 e. The summed E-state index contributed by atoms with van der Waals surface area (Å²) in [5, 5.41) is 0. The second kappa shape index (κ2) is 7.86. The van der Waals surface area contributed by atoms with E-state index in [1.54, 1.807) is 48.5 Å². The van der Waals surface area contributed by atoms with Crippen molar-refractivity contribution >= 4 is 23.4 Å². The minimum absolute atomic E-state index is 0. The Kier molecular flexibility index (Phi) is 8.02. The molecule has 0 aliphatic carbocycles. The van der Waals surface area contributed by atoms with Crippen LogP contribution in [0.15, 0.2) is 11.6 Å². The molecule has 0 aromatic heterocycles. The number of hydrogen-bond acceptors (Lipinski definition) is 4. The zero-order valence-electron chi connectivity index (χ0n) is 14.4. The van der Waals surface area contributed by atoms with Crippen molar-refractivity contribution in [1.82, 2.24) is 4.90 Å². The fourth-order valence-electron chi connectivity index (χ4n) is 2.42. The number of imide groups is 1. The second-order valence-electron chi connectivity index (χ2n) is 7.82. The van der Waals surface area contributed by atoms with Crippen molar-refractivity contribution in [3.8, 4) is 0 Å². The fourth-order valence-corrected chi connectivity index (χ4v) is 2.42. The number of carbonyl (C=O) groups excluding carboxylic acids is 4. The molecular formula is C19H33NO4. The lowest BCUT2D eigenvalue weighted by atomic mass is 9.83. The minimum atomic E-state index is -0.831. The predicted molar refractivity (Wildman–Crippen MR) is 96.4 cm³/mol. The lowest BCUT2D eigenvalue weighted by Gasteiger charge is -2.33. The van der Waals surface area contributed by atoms with Crippen LogP contribution in [0.4, 0.5) is 0 Å². The summed E-state index contributed by atoms with van der Waals surface area (Å²) in [4.78, 5) is 50.0. The van der Waals surface area contributed by atoms with E-state index in [1.165, 1.54) is 6.08 Å². The minimum Gasteiger partial charge on any atom is -0.297 e. The van der Waals surface area contributed by atoms with Crippen LogP contribution >= 0.6 is 0 Å². The monoisotopic (exact) mass is 339 g/mol. The molecule has 0 aromatic carbocycles. The summed E-state index contributed by atoms with van der Waals surface area (Å²) < 4.78 is 0. The van der Waals surface area contributed by atoms with E-state index in [4.69, 9.17) is 0 Å². The lowest BCUT2D eigenvalue weighted by molar-refractivity contribution is -0.151. The van der Waals surface area contributed by atoms with E-state index in [0.717, 1.165) is 4.90 Å². The molecule has 5 heteroatoms. The molecule has 0 saturated heterocycles. The van der Waals surface area contributed by atoms with Gasteiger partial charge in [-0.1, -0.05) is 56.4 Å². The average molecular weight is 339 g/mol. The Balaban J connectivity index is 0. The number of amides is 2. The van der Waals surface area contributed by atoms with Gasteiger partial charge >= 0.3 is 0 Å². The normalized spacial score (nSPS) is 16.6. The molecule has 0 bridgehead atoms. The van der Waals surface area contributed by atoms with E-state index in [9.17, 15) is 19.2 Å². The average Bonchev–Trinajstić information content (AvgIpc) is 2.33. The fraction of sp³-hybridized carbons (Fsp3) is 0.684. The van der Waals surface area contributed by atoms with Crippen LogP contribution in [0.5, 0.6) is 0 Å². The second-order valence-corrected chi connectivity index (χ2v) is 7.82. The number of carbonyl (C=O) groups is 4. The standard InChI is InChI=1S/C17H25NO4.2CH4/c1-10(14(21)16(2,3)4)18-12(19)8-11(9-13(18)20)15(22)17(5,6)7;;/h8,10H,9H2,1-7H3;2*1H4. The van der Waals surface area contributed by atoms with Gasteiger partial charge in [-0.05, 0) is 6.92 Å². The molecule has 1 unspecified atom stereocenters. The Morgan fingerprint density at radius 3 is 1.79 bits per heavy atom. The van der Waals surface area contributed by atoms with Gasteiger partial charge in [-0.15, -0.1) is 0 Å². The van der Waals surface area contributed by atoms with Gasteiger partial charge in [-0.25, -0.2) is 0 Å². The van der Waals surface area contributed by atoms with Gasteiger partial charge in [0.25, 0.3) is 5.91 Å². The first-order valence-electron chi connectivity index (χ1n) is 7.42. The van der Waals surface area contributed by atoms with Crippen molar-refractivity contribution < 1.29 is 19.2 Å². The van der Waals surface area contributed by atoms with Gasteiger partial charge in [0.05, 0.1) is 12.5 Å². The maximum Gasteiger partial charge on any atom is 0.254 e. The number of ketones is 2. The zero-order chi connectivity index (χ0) is 17.5. The first-order valence-corrected chi connectivity index (χ1v) is 7.42. The predicted octanol–water partition coefficient (Wildman–Crippen LogP) is 3.56. The summed E-state index contributed by atoms with van der Waals surface area (Å²) in [5.41, 5.74) is -1.08. The topological polar surface area (TPSA) is 71.5 Å². The molecule has 1 aliphatic rings. The van der Waals surface area contributed by atoms with E-state index in [2.05, 4.69) is 0 Å². The molecule has 1 heterocycles. The van der Waals surface area contributed by atoms with Crippen LogP contribution < -0.4 is 0 Å². The highest BCUT2D eigenvalue weighted by molar-refractivity contribution is 6.16. The van der Waals surface area contributed by atoms with Gasteiger partial charge in [-0.3, -0.25) is 24.1 Å². The third kappa shape index (κ3) is 5.11. The van der Waals surface area contributed by atoms with Gasteiger partial charge in [-0.2, -0.15) is 0 Å². The van der Waals surface area contributed by atoms with Crippen LogP contribution in [-0.2, 0) is 19.2 Å². The Labute approximate surface area is 146 Å². The third-order valence-corrected chi connectivity index (χ3v) is 3.62. The summed E-state index contributed by atoms with van der Waals surface area (Å²) in [6.45, 7) is 12.0. The van der Waals surface area contributed by atoms with Gasteiger partial charge in [0.2, 0.25) is 5.91 Å². The third-order valence-electron chi connectivity index (χ3n) is 3.62. The number of hydrogen-bond donors (Lipinski definition) is 0. The van der Waals surface area contributed by atoms with Crippen molar-refractivity contribution in [3.63, 3.8) is 0 Å². The summed E-state index contributed by atoms with van der Waals surface area (Å²) in [6.07, 6.45) is 1.06. The maximum absolute atomic E-state index is 12.3. The number of nitrogens with zero attached hydrogens (tertiary/aromatic N) is 1. The van der Waals surface area contributed by atoms with E-state index >= 15 is 0 Å². The van der Waals surface area contributed by atoms with E-state index < -0.39 is 28.7 Å². The maximum atomic E-state index is 12.3. The molecule has 5 nitrogen and oxygen atoms in total. The Hall–Kier alpha value is -1.78. The van der Waals surface area contributed by atoms with Gasteiger partial charge in [0, 0.05) is 22.5 Å². The van der Waals surface area contributed by atoms with Gasteiger partial charge in [0.15, 0.2) is 11.6 Å². The molecule has 0 fully saturated rings. The highest BCUT2D eigenvalue weighted by Crippen LogP contribution is 2.27. The molecule has 1 atom stereocenters. The molecule has 0 aromatic rings. The van der Waals surface area contributed by atoms with Crippen LogP contribution in [0.2, 0.25) is 0 Å². The molecule has 138 valence electrons. The quantitative estimate of drug-likeness (QED) is 0.737. The van der Waals surface area contributed by atoms with Crippen LogP contribution in [0, 0.1) is 10.8 Å². The molecule has 1 aliphatic heterocycles. The zero-order valence-corrected chi connectivity index (χ0v) is 14.4. The Morgan fingerprint density at radius 1 is 1.00 bits per heavy atom. The van der Waals surface area contributed by atoms with E-state index in [1.807, 2.05) is 0 Å². The SMILES string of the molecule is C.C.CC(C(=O)C(C)(C)C)N1C(=O)C=C(C(=O)C(C)(C)C)CC1=O. The summed E-state index contributed by atoms with van der Waals surface area (Å²) in [7, 11) is 0. The summed E-state index contributed by atoms with van der Waals surface area (Å²) >= 11 is 0. The van der Waals surface area contributed by atoms with Crippen molar-refractivity contribution in [2.75, 3.05) is 0 Å². The summed E-state index contributed by atoms with van der Waals surface area (Å²) in [5.74, 6) is -1.49. The molecule has 0 radical (unpaired) electrons. The molecule has 0 spiro atoms. The van der Waals surface area contributed by atoms with E-state index in [0.29, 0.717) is 0 Å². The first-order chi connectivity index (χ1) is 9.76. The highest BCUT2D eigenvalue weighted by atomic mass is 16.2. The first kappa shape index (κ1) is 24.5. The van der Waals surface area contributed by atoms with Crippen LogP contribution in [0.25, 0.3) is 0 Å². The number of rotatable bonds is 3. The molecule has 2 amide bonds. The molecule has 24 heavy (non-hydrogen) atoms. The molecule has 1 rings (SSSR count). The van der Waals surface area contributed by atoms with E-state index in [-0.39, 0.29) is 38.4 Å².